The number of carbonyl (C=O) groups excluding carboxylic acids is 2. The molecule has 1 aromatic heterocycles. The smallest absolute Gasteiger partial charge is 0.306 e. The van der Waals surface area contributed by atoms with Crippen molar-refractivity contribution in [1.29, 1.82) is 0 Å². The number of Topliss-reactive ketones (excluding diaryl/α,β-unsaturated/α-hetero) is 1. The third-order valence-corrected chi connectivity index (χ3v) is 4.09. The maximum Gasteiger partial charge on any atom is 0.306 e. The third-order valence-electron chi connectivity index (χ3n) is 4.09. The average Bonchev–Trinajstić information content (AvgIpc) is 2.71. The molecule has 0 aliphatic rings. The Kier molecular flexibility index (Phi) is 6.15. The predicted octanol–water partition coefficient (Wildman–Crippen LogP) is 3.99. The molecule has 0 spiro atoms. The van der Waals surface area contributed by atoms with Crippen LogP contribution in [0.2, 0.25) is 0 Å². The Morgan fingerprint density at radius 3 is 2.52 bits per heavy atom. The molecule has 1 heterocycles. The van der Waals surface area contributed by atoms with E-state index in [4.69, 9.17) is 9.47 Å². The van der Waals surface area contributed by atoms with E-state index in [9.17, 15) is 9.59 Å². The summed E-state index contributed by atoms with van der Waals surface area (Å²) in [4.78, 5) is 28.6. The molecule has 0 aliphatic carbocycles. The molecule has 0 amide bonds. The monoisotopic (exact) mass is 363 g/mol. The molecule has 0 N–H and O–H groups in total. The number of pyridine rings is 1. The summed E-state index contributed by atoms with van der Waals surface area (Å²) in [5.74, 6) is 0.0494. The lowest BCUT2D eigenvalue weighted by Gasteiger charge is -2.06. The van der Waals surface area contributed by atoms with Gasteiger partial charge in [0.2, 0.25) is 0 Å². The highest BCUT2D eigenvalue weighted by Gasteiger charge is 2.11. The second kappa shape index (κ2) is 8.94. The molecule has 3 aromatic rings. The van der Waals surface area contributed by atoms with E-state index in [0.29, 0.717) is 24.3 Å². The zero-order valence-electron chi connectivity index (χ0n) is 15.2. The minimum Gasteiger partial charge on any atom is -0.494 e. The Morgan fingerprint density at radius 2 is 1.74 bits per heavy atom. The Bertz CT molecular complexity index is 934. The highest BCUT2D eigenvalue weighted by atomic mass is 16.5. The Labute approximate surface area is 157 Å². The normalized spacial score (nSPS) is 10.6. The van der Waals surface area contributed by atoms with E-state index in [-0.39, 0.29) is 18.8 Å². The number of fused-ring (bicyclic) bond motifs is 1. The molecule has 0 unspecified atom stereocenters. The summed E-state index contributed by atoms with van der Waals surface area (Å²) in [6, 6.07) is 18.5. The summed E-state index contributed by atoms with van der Waals surface area (Å²) in [7, 11) is 0. The van der Waals surface area contributed by atoms with Crippen LogP contribution in [-0.2, 0) is 16.0 Å². The molecule has 27 heavy (non-hydrogen) atoms. The molecule has 3 rings (SSSR count). The zero-order valence-corrected chi connectivity index (χ0v) is 15.2. The van der Waals surface area contributed by atoms with Crippen LogP contribution < -0.4 is 4.74 Å². The Balaban J connectivity index is 1.47. The first-order valence-electron chi connectivity index (χ1n) is 8.92. The van der Waals surface area contributed by atoms with Gasteiger partial charge < -0.3 is 9.47 Å². The zero-order chi connectivity index (χ0) is 19.1. The number of aromatic nitrogens is 1. The van der Waals surface area contributed by atoms with Gasteiger partial charge in [0.05, 0.1) is 18.5 Å². The molecule has 0 radical (unpaired) electrons. The molecule has 5 heteroatoms. The van der Waals surface area contributed by atoms with Gasteiger partial charge >= 0.3 is 5.97 Å². The van der Waals surface area contributed by atoms with Crippen LogP contribution >= 0.6 is 0 Å². The van der Waals surface area contributed by atoms with Crippen LogP contribution in [0.5, 0.6) is 5.75 Å². The van der Waals surface area contributed by atoms with Crippen molar-refractivity contribution in [2.75, 3.05) is 13.2 Å². The van der Waals surface area contributed by atoms with Crippen LogP contribution in [0.15, 0.2) is 60.7 Å². The van der Waals surface area contributed by atoms with Crippen LogP contribution in [0, 0.1) is 0 Å². The standard InChI is InChI=1S/C22H21NO4/c1-2-26-19-12-8-17(9-13-19)21(24)15-27-22(25)14-11-18-10-7-16-5-3-4-6-20(16)23-18/h3-10,12-13H,2,11,14-15H2,1H3. The second-order valence-corrected chi connectivity index (χ2v) is 6.04. The van der Waals surface area contributed by atoms with Gasteiger partial charge in [-0.25, -0.2) is 0 Å². The lowest BCUT2D eigenvalue weighted by Crippen LogP contribution is -2.14. The van der Waals surface area contributed by atoms with Gasteiger partial charge in [-0.2, -0.15) is 0 Å². The van der Waals surface area contributed by atoms with E-state index in [0.717, 1.165) is 16.6 Å². The Hall–Kier alpha value is -3.21. The van der Waals surface area contributed by atoms with Crippen LogP contribution in [-0.4, -0.2) is 30.0 Å². The molecular weight excluding hydrogens is 342 g/mol. The van der Waals surface area contributed by atoms with Crippen molar-refractivity contribution in [3.05, 3.63) is 71.9 Å². The topological polar surface area (TPSA) is 65.5 Å². The number of hydrogen-bond donors (Lipinski definition) is 0. The number of para-hydroxylation sites is 1. The molecule has 5 nitrogen and oxygen atoms in total. The molecule has 0 saturated heterocycles. The minimum absolute atomic E-state index is 0.182. The van der Waals surface area contributed by atoms with Gasteiger partial charge in [-0.05, 0) is 43.3 Å². The number of esters is 1. The summed E-state index contributed by atoms with van der Waals surface area (Å²) in [5.41, 5.74) is 2.21. The van der Waals surface area contributed by atoms with Gasteiger partial charge in [-0.3, -0.25) is 14.6 Å². The molecule has 2 aromatic carbocycles. The van der Waals surface area contributed by atoms with Gasteiger partial charge in [0.15, 0.2) is 12.4 Å². The van der Waals surface area contributed by atoms with E-state index >= 15 is 0 Å². The molecule has 0 fully saturated rings. The number of ketones is 1. The van der Waals surface area contributed by atoms with Crippen molar-refractivity contribution in [3.8, 4) is 5.75 Å². The minimum atomic E-state index is -0.413. The van der Waals surface area contributed by atoms with Crippen molar-refractivity contribution in [3.63, 3.8) is 0 Å². The SMILES string of the molecule is CCOc1ccc(C(=O)COC(=O)CCc2ccc3ccccc3n2)cc1. The van der Waals surface area contributed by atoms with E-state index < -0.39 is 5.97 Å². The highest BCUT2D eigenvalue weighted by molar-refractivity contribution is 5.98. The van der Waals surface area contributed by atoms with Gasteiger partial charge in [0.1, 0.15) is 5.75 Å². The molecule has 0 saturated carbocycles. The maximum absolute atomic E-state index is 12.1. The van der Waals surface area contributed by atoms with Crippen LogP contribution in [0.3, 0.4) is 0 Å². The van der Waals surface area contributed by atoms with E-state index in [1.54, 1.807) is 24.3 Å². The molecule has 0 atom stereocenters. The van der Waals surface area contributed by atoms with Crippen molar-refractivity contribution < 1.29 is 19.1 Å². The predicted molar refractivity (Wildman–Crippen MR) is 103 cm³/mol. The Morgan fingerprint density at radius 1 is 0.963 bits per heavy atom. The fourth-order valence-corrected chi connectivity index (χ4v) is 2.68. The van der Waals surface area contributed by atoms with Gasteiger partial charge in [-0.15, -0.1) is 0 Å². The van der Waals surface area contributed by atoms with E-state index in [2.05, 4.69) is 4.98 Å². The first-order valence-corrected chi connectivity index (χ1v) is 8.92. The molecule has 0 aliphatic heterocycles. The lowest BCUT2D eigenvalue weighted by molar-refractivity contribution is -0.142. The van der Waals surface area contributed by atoms with Crippen LogP contribution in [0.25, 0.3) is 10.9 Å². The van der Waals surface area contributed by atoms with Gasteiger partial charge in [-0.1, -0.05) is 24.3 Å². The first-order chi connectivity index (χ1) is 13.2. The summed E-state index contributed by atoms with van der Waals surface area (Å²) >= 11 is 0. The largest absolute Gasteiger partial charge is 0.494 e. The van der Waals surface area contributed by atoms with E-state index in [1.165, 1.54) is 0 Å². The van der Waals surface area contributed by atoms with Crippen molar-refractivity contribution >= 4 is 22.7 Å². The average molecular weight is 363 g/mol. The lowest BCUT2D eigenvalue weighted by atomic mass is 10.1. The molecular formula is C22H21NO4. The number of hydrogen-bond acceptors (Lipinski definition) is 5. The quantitative estimate of drug-likeness (QED) is 0.447. The second-order valence-electron chi connectivity index (χ2n) is 6.04. The van der Waals surface area contributed by atoms with Crippen LogP contribution in [0.1, 0.15) is 29.4 Å². The summed E-state index contributed by atoms with van der Waals surface area (Å²) in [6.07, 6.45) is 0.656. The summed E-state index contributed by atoms with van der Waals surface area (Å²) in [5, 5.41) is 1.06. The third kappa shape index (κ3) is 5.14. The fourth-order valence-electron chi connectivity index (χ4n) is 2.68. The van der Waals surface area contributed by atoms with Crippen molar-refractivity contribution in [2.24, 2.45) is 0 Å². The summed E-state index contributed by atoms with van der Waals surface area (Å²) in [6.45, 7) is 2.20. The van der Waals surface area contributed by atoms with Crippen molar-refractivity contribution in [2.45, 2.75) is 19.8 Å². The fraction of sp³-hybridized carbons (Fsp3) is 0.227. The number of aryl methyl sites for hydroxylation is 1. The number of carbonyl (C=O) groups is 2. The number of benzene rings is 2. The van der Waals surface area contributed by atoms with Crippen molar-refractivity contribution in [1.82, 2.24) is 4.98 Å². The molecule has 138 valence electrons. The maximum atomic E-state index is 12.1. The van der Waals surface area contributed by atoms with Crippen LogP contribution in [0.4, 0.5) is 0 Å². The molecule has 0 bridgehead atoms. The number of nitrogens with zero attached hydrogens (tertiary/aromatic N) is 1. The van der Waals surface area contributed by atoms with Gasteiger partial charge in [0.25, 0.3) is 0 Å². The van der Waals surface area contributed by atoms with E-state index in [1.807, 2.05) is 43.3 Å². The summed E-state index contributed by atoms with van der Waals surface area (Å²) < 4.78 is 10.4. The number of ether oxygens (including phenoxy) is 2. The highest BCUT2D eigenvalue weighted by Crippen LogP contribution is 2.14. The number of rotatable bonds is 8. The first kappa shape index (κ1) is 18.6. The van der Waals surface area contributed by atoms with Gasteiger partial charge in [0, 0.05) is 23.1 Å².